The molecule has 12 heteroatoms. The quantitative estimate of drug-likeness (QED) is 0.226. The fourth-order valence-corrected chi connectivity index (χ4v) is 6.51. The number of ether oxygens (including phenoxy) is 1. The molecule has 0 aliphatic carbocycles. The smallest absolute Gasteiger partial charge is 0.341 e. The molecule has 9 nitrogen and oxygen atoms in total. The Morgan fingerprint density at radius 1 is 1.22 bits per heavy atom. The van der Waals surface area contributed by atoms with E-state index in [1.165, 1.54) is 18.4 Å². The van der Waals surface area contributed by atoms with Gasteiger partial charge < -0.3 is 14.6 Å². The number of thioether (sulfide) groups is 1. The van der Waals surface area contributed by atoms with E-state index < -0.39 is 21.1 Å². The highest BCUT2D eigenvalue weighted by Crippen LogP contribution is 2.34. The Bertz CT molecular complexity index is 1390. The molecule has 1 aromatic carbocycles. The second-order valence-electron chi connectivity index (χ2n) is 8.10. The summed E-state index contributed by atoms with van der Waals surface area (Å²) in [6.07, 6.45) is 1.61. The molecule has 0 saturated heterocycles. The van der Waals surface area contributed by atoms with Gasteiger partial charge in [0.05, 0.1) is 22.8 Å². The van der Waals surface area contributed by atoms with Gasteiger partial charge in [-0.25, -0.2) is 13.2 Å². The number of aryl methyl sites for hydroxylation is 2. The Balaban J connectivity index is 1.80. The van der Waals surface area contributed by atoms with Gasteiger partial charge in [0.2, 0.25) is 5.91 Å². The zero-order chi connectivity index (χ0) is 26.6. The van der Waals surface area contributed by atoms with E-state index in [9.17, 15) is 18.0 Å². The Labute approximate surface area is 218 Å². The van der Waals surface area contributed by atoms with Crippen molar-refractivity contribution >= 4 is 49.8 Å². The van der Waals surface area contributed by atoms with E-state index in [2.05, 4.69) is 22.1 Å². The van der Waals surface area contributed by atoms with Crippen LogP contribution in [0.2, 0.25) is 0 Å². The van der Waals surface area contributed by atoms with Gasteiger partial charge in [0, 0.05) is 11.4 Å². The van der Waals surface area contributed by atoms with Gasteiger partial charge in [-0.05, 0) is 45.4 Å². The van der Waals surface area contributed by atoms with Crippen molar-refractivity contribution in [1.82, 2.24) is 14.8 Å². The van der Waals surface area contributed by atoms with Crippen molar-refractivity contribution in [1.29, 1.82) is 0 Å². The van der Waals surface area contributed by atoms with Gasteiger partial charge in [-0.15, -0.1) is 28.1 Å². The number of carbonyl (C=O) groups is 2. The van der Waals surface area contributed by atoms with Crippen LogP contribution in [-0.2, 0) is 31.7 Å². The standard InChI is InChI=1S/C24H28N4O5S3/c1-7-12-28-19(13-36(31,32)18-10-8-14(2)9-11-18)26-27-24(28)35-17(5)21(29)25-22-20(23(30)33-6)15(3)16(4)34-22/h7-11,17H,1,12-13H2,2-6H3,(H,25,29). The SMILES string of the molecule is C=CCn1c(CS(=O)(=O)c2ccc(C)cc2)nnc1SC(C)C(=O)Nc1sc(C)c(C)c1C(=O)OC. The monoisotopic (exact) mass is 548 g/mol. The van der Waals surface area contributed by atoms with Gasteiger partial charge in [0.1, 0.15) is 16.6 Å². The van der Waals surface area contributed by atoms with E-state index in [4.69, 9.17) is 4.74 Å². The van der Waals surface area contributed by atoms with Crippen LogP contribution in [0.5, 0.6) is 0 Å². The van der Waals surface area contributed by atoms with Crippen LogP contribution >= 0.6 is 23.1 Å². The third-order valence-corrected chi connectivity index (χ3v) is 9.30. The molecule has 1 N–H and O–H groups in total. The summed E-state index contributed by atoms with van der Waals surface area (Å²) in [5.41, 5.74) is 2.05. The first kappa shape index (κ1) is 27.6. The number of benzene rings is 1. The van der Waals surface area contributed by atoms with Gasteiger partial charge in [-0.1, -0.05) is 35.5 Å². The van der Waals surface area contributed by atoms with E-state index in [1.807, 2.05) is 13.8 Å². The molecule has 0 fully saturated rings. The number of hydrogen-bond donors (Lipinski definition) is 1. The molecule has 1 atom stereocenters. The molecule has 0 bridgehead atoms. The topological polar surface area (TPSA) is 120 Å². The first-order valence-electron chi connectivity index (χ1n) is 11.0. The minimum absolute atomic E-state index is 0.200. The molecule has 1 unspecified atom stereocenters. The van der Waals surface area contributed by atoms with Crippen LogP contribution in [-0.4, -0.2) is 47.4 Å². The summed E-state index contributed by atoms with van der Waals surface area (Å²) < 4.78 is 32.4. The summed E-state index contributed by atoms with van der Waals surface area (Å²) in [6.45, 7) is 11.3. The van der Waals surface area contributed by atoms with Crippen LogP contribution in [0.4, 0.5) is 5.00 Å². The number of nitrogens with one attached hydrogen (secondary N) is 1. The number of rotatable bonds is 10. The summed E-state index contributed by atoms with van der Waals surface area (Å²) in [4.78, 5) is 26.3. The van der Waals surface area contributed by atoms with Crippen molar-refractivity contribution in [3.05, 3.63) is 64.3 Å². The summed E-state index contributed by atoms with van der Waals surface area (Å²) in [7, 11) is -2.36. The number of thiophene rings is 1. The Morgan fingerprint density at radius 2 is 1.89 bits per heavy atom. The molecule has 0 aliphatic heterocycles. The van der Waals surface area contributed by atoms with Gasteiger partial charge in [0.25, 0.3) is 0 Å². The lowest BCUT2D eigenvalue weighted by Crippen LogP contribution is -2.23. The van der Waals surface area contributed by atoms with E-state index in [-0.39, 0.29) is 28.9 Å². The number of anilines is 1. The average molecular weight is 549 g/mol. The number of amides is 1. The molecule has 2 aromatic heterocycles. The van der Waals surface area contributed by atoms with Gasteiger partial charge in [-0.3, -0.25) is 4.79 Å². The molecular weight excluding hydrogens is 520 g/mol. The maximum Gasteiger partial charge on any atom is 0.341 e. The summed E-state index contributed by atoms with van der Waals surface area (Å²) in [6, 6.07) is 6.62. The van der Waals surface area contributed by atoms with E-state index >= 15 is 0 Å². The highest BCUT2D eigenvalue weighted by molar-refractivity contribution is 8.00. The Kier molecular flexibility index (Phi) is 8.75. The molecule has 3 rings (SSSR count). The van der Waals surface area contributed by atoms with Crippen molar-refractivity contribution in [3.8, 4) is 0 Å². The zero-order valence-electron chi connectivity index (χ0n) is 20.7. The van der Waals surface area contributed by atoms with Crippen LogP contribution in [0.15, 0.2) is 47.0 Å². The predicted octanol–water partition coefficient (Wildman–Crippen LogP) is 4.33. The van der Waals surface area contributed by atoms with Crippen molar-refractivity contribution in [2.24, 2.45) is 0 Å². The Hall–Kier alpha value is -2.96. The van der Waals surface area contributed by atoms with Crippen LogP contribution < -0.4 is 5.32 Å². The van der Waals surface area contributed by atoms with Crippen LogP contribution in [0.3, 0.4) is 0 Å². The number of aromatic nitrogens is 3. The lowest BCUT2D eigenvalue weighted by Gasteiger charge is -2.13. The van der Waals surface area contributed by atoms with E-state index in [1.54, 1.807) is 48.8 Å². The molecule has 0 radical (unpaired) electrons. The second kappa shape index (κ2) is 11.4. The third-order valence-electron chi connectivity index (χ3n) is 5.47. The van der Waals surface area contributed by atoms with Crippen LogP contribution in [0.25, 0.3) is 0 Å². The fraction of sp³-hybridized carbons (Fsp3) is 0.333. The fourth-order valence-electron chi connectivity index (χ4n) is 3.31. The molecule has 0 spiro atoms. The van der Waals surface area contributed by atoms with Crippen molar-refractivity contribution in [3.63, 3.8) is 0 Å². The third kappa shape index (κ3) is 6.05. The van der Waals surface area contributed by atoms with E-state index in [0.717, 1.165) is 27.8 Å². The summed E-state index contributed by atoms with van der Waals surface area (Å²) >= 11 is 2.44. The predicted molar refractivity (Wildman–Crippen MR) is 141 cm³/mol. The second-order valence-corrected chi connectivity index (χ2v) is 12.6. The maximum atomic E-state index is 13.0. The summed E-state index contributed by atoms with van der Waals surface area (Å²) in [5, 5.41) is 11.2. The first-order valence-corrected chi connectivity index (χ1v) is 14.3. The molecule has 0 saturated carbocycles. The number of sulfone groups is 1. The number of hydrogen-bond acceptors (Lipinski definition) is 9. The molecule has 3 aromatic rings. The molecular formula is C24H28N4O5S3. The van der Waals surface area contributed by atoms with E-state index in [0.29, 0.717) is 15.7 Å². The van der Waals surface area contributed by atoms with Gasteiger partial charge in [-0.2, -0.15) is 0 Å². The van der Waals surface area contributed by atoms with Gasteiger partial charge in [0.15, 0.2) is 15.0 Å². The molecule has 0 aliphatic rings. The highest BCUT2D eigenvalue weighted by atomic mass is 32.2. The normalized spacial score (nSPS) is 12.2. The van der Waals surface area contributed by atoms with Crippen molar-refractivity contribution in [2.45, 2.75) is 55.3 Å². The number of esters is 1. The summed E-state index contributed by atoms with van der Waals surface area (Å²) in [5.74, 6) is -0.942. The molecule has 1 amide bonds. The largest absolute Gasteiger partial charge is 0.465 e. The zero-order valence-corrected chi connectivity index (χ0v) is 23.1. The molecule has 2 heterocycles. The lowest BCUT2D eigenvalue weighted by atomic mass is 10.1. The first-order chi connectivity index (χ1) is 17.0. The number of nitrogens with zero attached hydrogens (tertiary/aromatic N) is 3. The van der Waals surface area contributed by atoms with Crippen molar-refractivity contribution in [2.75, 3.05) is 12.4 Å². The minimum Gasteiger partial charge on any atom is -0.465 e. The minimum atomic E-state index is -3.65. The lowest BCUT2D eigenvalue weighted by molar-refractivity contribution is -0.115. The number of methoxy groups -OCH3 is 1. The maximum absolute atomic E-state index is 13.0. The number of carbonyl (C=O) groups excluding carboxylic acids is 2. The van der Waals surface area contributed by atoms with Gasteiger partial charge >= 0.3 is 5.97 Å². The average Bonchev–Trinajstić information content (AvgIpc) is 3.32. The highest BCUT2D eigenvalue weighted by Gasteiger charge is 2.26. The molecule has 36 heavy (non-hydrogen) atoms. The number of allylic oxidation sites excluding steroid dienone is 1. The molecule has 192 valence electrons. The van der Waals surface area contributed by atoms with Crippen LogP contribution in [0, 0.1) is 20.8 Å². The van der Waals surface area contributed by atoms with Crippen LogP contribution in [0.1, 0.15) is 39.1 Å². The van der Waals surface area contributed by atoms with Crippen molar-refractivity contribution < 1.29 is 22.7 Å². The Morgan fingerprint density at radius 3 is 2.50 bits per heavy atom.